The summed E-state index contributed by atoms with van der Waals surface area (Å²) in [4.78, 5) is 4.60. The molecule has 0 fully saturated rings. The maximum absolute atomic E-state index is 5.91. The molecule has 1 aromatic heterocycles. The van der Waals surface area contributed by atoms with Crippen LogP contribution in [0.2, 0.25) is 0 Å². The van der Waals surface area contributed by atoms with Gasteiger partial charge in [0.15, 0.2) is 0 Å². The minimum atomic E-state index is 0.503. The third kappa shape index (κ3) is 1.98. The summed E-state index contributed by atoms with van der Waals surface area (Å²) in [6, 6.07) is 7.98. The van der Waals surface area contributed by atoms with Crippen LogP contribution >= 0.6 is 11.6 Å². The zero-order valence-electron chi connectivity index (χ0n) is 9.46. The van der Waals surface area contributed by atoms with Gasteiger partial charge in [-0.15, -0.1) is 11.6 Å². The van der Waals surface area contributed by atoms with Crippen LogP contribution in [0.4, 0.5) is 0 Å². The van der Waals surface area contributed by atoms with Crippen LogP contribution in [0.5, 0.6) is 5.75 Å². The number of hydrogen-bond acceptors (Lipinski definition) is 2. The normalized spacial score (nSPS) is 10.7. The number of rotatable bonds is 3. The molecule has 0 aliphatic rings. The van der Waals surface area contributed by atoms with Crippen molar-refractivity contribution in [2.45, 2.75) is 19.2 Å². The molecule has 0 atom stereocenters. The lowest BCUT2D eigenvalue weighted by molar-refractivity contribution is 0.415. The molecule has 0 saturated carbocycles. The molecular weight excluding hydrogens is 222 g/mol. The molecule has 0 spiro atoms. The first-order valence-electron chi connectivity index (χ1n) is 5.31. The number of pyridine rings is 1. The molecule has 0 aliphatic heterocycles. The molecule has 0 radical (unpaired) electrons. The smallest absolute Gasteiger partial charge is 0.119 e. The number of aromatic nitrogens is 1. The molecule has 2 rings (SSSR count). The monoisotopic (exact) mass is 235 g/mol. The summed E-state index contributed by atoms with van der Waals surface area (Å²) >= 11 is 5.91. The Bertz CT molecular complexity index is 511. The molecular formula is C13H14ClNO. The number of nitrogens with zero attached hydrogens (tertiary/aromatic N) is 1. The van der Waals surface area contributed by atoms with Crippen molar-refractivity contribution in [2.75, 3.05) is 7.11 Å². The van der Waals surface area contributed by atoms with Gasteiger partial charge >= 0.3 is 0 Å². The van der Waals surface area contributed by atoms with Crippen LogP contribution in [-0.2, 0) is 12.3 Å². The highest BCUT2D eigenvalue weighted by atomic mass is 35.5. The average molecular weight is 236 g/mol. The van der Waals surface area contributed by atoms with E-state index in [2.05, 4.69) is 18.0 Å². The van der Waals surface area contributed by atoms with E-state index in [1.165, 1.54) is 0 Å². The molecule has 1 aromatic carbocycles. The Kier molecular flexibility index (Phi) is 3.30. The summed E-state index contributed by atoms with van der Waals surface area (Å²) in [5.74, 6) is 1.35. The van der Waals surface area contributed by atoms with Crippen LogP contribution in [0, 0.1) is 0 Å². The Morgan fingerprint density at radius 1 is 1.31 bits per heavy atom. The molecule has 2 nitrogen and oxygen atoms in total. The van der Waals surface area contributed by atoms with Crippen LogP contribution in [0.25, 0.3) is 10.9 Å². The lowest BCUT2D eigenvalue weighted by atomic mass is 10.1. The van der Waals surface area contributed by atoms with E-state index in [4.69, 9.17) is 16.3 Å². The average Bonchev–Trinajstić information content (AvgIpc) is 2.36. The first-order chi connectivity index (χ1) is 7.78. The lowest BCUT2D eigenvalue weighted by Gasteiger charge is -2.07. The van der Waals surface area contributed by atoms with E-state index in [1.54, 1.807) is 7.11 Å². The van der Waals surface area contributed by atoms with Gasteiger partial charge in [0.05, 0.1) is 12.6 Å². The van der Waals surface area contributed by atoms with Crippen LogP contribution < -0.4 is 4.74 Å². The fraction of sp³-hybridized carbons (Fsp3) is 0.308. The standard InChI is InChI=1S/C13H14ClNO/c1-3-12-10(8-14)6-9-7-11(16-2)4-5-13(9)15-12/h4-7H,3,8H2,1-2H3. The number of fused-ring (bicyclic) bond motifs is 1. The van der Waals surface area contributed by atoms with Crippen molar-refractivity contribution < 1.29 is 4.74 Å². The van der Waals surface area contributed by atoms with Crippen molar-refractivity contribution in [2.24, 2.45) is 0 Å². The van der Waals surface area contributed by atoms with Gasteiger partial charge in [-0.1, -0.05) is 6.92 Å². The second kappa shape index (κ2) is 4.71. The SMILES string of the molecule is CCc1nc2ccc(OC)cc2cc1CCl. The molecule has 3 heteroatoms. The fourth-order valence-corrected chi connectivity index (χ4v) is 2.02. The number of ether oxygens (including phenoxy) is 1. The van der Waals surface area contributed by atoms with Gasteiger partial charge in [0.25, 0.3) is 0 Å². The summed E-state index contributed by atoms with van der Waals surface area (Å²) in [5, 5.41) is 1.08. The lowest BCUT2D eigenvalue weighted by Crippen LogP contribution is -1.95. The molecule has 0 unspecified atom stereocenters. The third-order valence-corrected chi connectivity index (χ3v) is 2.96. The minimum absolute atomic E-state index is 0.503. The Labute approximate surface area is 100 Å². The second-order valence-corrected chi connectivity index (χ2v) is 3.91. The maximum atomic E-state index is 5.91. The van der Waals surface area contributed by atoms with Crippen molar-refractivity contribution in [1.82, 2.24) is 4.98 Å². The van der Waals surface area contributed by atoms with Gasteiger partial charge in [0.2, 0.25) is 0 Å². The predicted molar refractivity (Wildman–Crippen MR) is 67.2 cm³/mol. The number of benzene rings is 1. The highest BCUT2D eigenvalue weighted by Crippen LogP contribution is 2.23. The fourth-order valence-electron chi connectivity index (χ4n) is 1.79. The summed E-state index contributed by atoms with van der Waals surface area (Å²) in [5.41, 5.74) is 3.17. The summed E-state index contributed by atoms with van der Waals surface area (Å²) in [6.07, 6.45) is 0.907. The highest BCUT2D eigenvalue weighted by Gasteiger charge is 2.05. The Morgan fingerprint density at radius 3 is 2.75 bits per heavy atom. The van der Waals surface area contributed by atoms with Crippen LogP contribution in [-0.4, -0.2) is 12.1 Å². The molecule has 0 amide bonds. The van der Waals surface area contributed by atoms with E-state index in [0.717, 1.165) is 34.3 Å². The van der Waals surface area contributed by atoms with Gasteiger partial charge in [-0.05, 0) is 36.2 Å². The van der Waals surface area contributed by atoms with Crippen molar-refractivity contribution in [1.29, 1.82) is 0 Å². The van der Waals surface area contributed by atoms with Crippen LogP contribution in [0.15, 0.2) is 24.3 Å². The van der Waals surface area contributed by atoms with E-state index in [-0.39, 0.29) is 0 Å². The van der Waals surface area contributed by atoms with Gasteiger partial charge in [0.1, 0.15) is 5.75 Å². The number of methoxy groups -OCH3 is 1. The number of alkyl halides is 1. The zero-order valence-corrected chi connectivity index (χ0v) is 10.2. The molecule has 16 heavy (non-hydrogen) atoms. The van der Waals surface area contributed by atoms with Crippen molar-refractivity contribution in [3.63, 3.8) is 0 Å². The van der Waals surface area contributed by atoms with E-state index in [9.17, 15) is 0 Å². The predicted octanol–water partition coefficient (Wildman–Crippen LogP) is 3.54. The van der Waals surface area contributed by atoms with Gasteiger partial charge < -0.3 is 4.74 Å². The van der Waals surface area contributed by atoms with Crippen LogP contribution in [0.3, 0.4) is 0 Å². The Hall–Kier alpha value is -1.28. The van der Waals surface area contributed by atoms with Crippen molar-refractivity contribution >= 4 is 22.5 Å². The van der Waals surface area contributed by atoms with E-state index in [1.807, 2.05) is 18.2 Å². The van der Waals surface area contributed by atoms with Crippen LogP contribution in [0.1, 0.15) is 18.2 Å². The second-order valence-electron chi connectivity index (χ2n) is 3.64. The molecule has 0 saturated heterocycles. The molecule has 0 aliphatic carbocycles. The first-order valence-corrected chi connectivity index (χ1v) is 5.84. The summed E-state index contributed by atoms with van der Waals surface area (Å²) in [6.45, 7) is 2.09. The topological polar surface area (TPSA) is 22.1 Å². The first kappa shape index (κ1) is 11.2. The van der Waals surface area contributed by atoms with Gasteiger partial charge in [0, 0.05) is 17.0 Å². The zero-order chi connectivity index (χ0) is 11.5. The van der Waals surface area contributed by atoms with Gasteiger partial charge in [-0.25, -0.2) is 0 Å². The largest absolute Gasteiger partial charge is 0.497 e. The Balaban J connectivity index is 2.63. The molecule has 1 heterocycles. The van der Waals surface area contributed by atoms with E-state index in [0.29, 0.717) is 5.88 Å². The minimum Gasteiger partial charge on any atom is -0.497 e. The molecule has 84 valence electrons. The quantitative estimate of drug-likeness (QED) is 0.760. The van der Waals surface area contributed by atoms with Crippen molar-refractivity contribution in [3.8, 4) is 5.75 Å². The molecule has 2 aromatic rings. The third-order valence-electron chi connectivity index (χ3n) is 2.67. The van der Waals surface area contributed by atoms with Gasteiger partial charge in [-0.3, -0.25) is 4.98 Å². The number of aryl methyl sites for hydroxylation is 1. The molecule has 0 bridgehead atoms. The maximum Gasteiger partial charge on any atom is 0.119 e. The van der Waals surface area contributed by atoms with E-state index >= 15 is 0 Å². The Morgan fingerprint density at radius 2 is 2.12 bits per heavy atom. The number of hydrogen-bond donors (Lipinski definition) is 0. The van der Waals surface area contributed by atoms with Gasteiger partial charge in [-0.2, -0.15) is 0 Å². The number of halogens is 1. The highest BCUT2D eigenvalue weighted by molar-refractivity contribution is 6.17. The van der Waals surface area contributed by atoms with E-state index < -0.39 is 0 Å². The summed E-state index contributed by atoms with van der Waals surface area (Å²) < 4.78 is 5.19. The van der Waals surface area contributed by atoms with Crippen molar-refractivity contribution in [3.05, 3.63) is 35.5 Å². The molecule has 0 N–H and O–H groups in total. The summed E-state index contributed by atoms with van der Waals surface area (Å²) in [7, 11) is 1.66.